The van der Waals surface area contributed by atoms with Gasteiger partial charge in [-0.15, -0.1) is 0 Å². The van der Waals surface area contributed by atoms with Crippen molar-refractivity contribution in [1.82, 2.24) is 4.98 Å². The maximum absolute atomic E-state index is 12.2. The van der Waals surface area contributed by atoms with E-state index in [1.165, 1.54) is 0 Å². The Labute approximate surface area is 125 Å². The molecule has 1 amide bonds. The first kappa shape index (κ1) is 14.0. The molecule has 1 aromatic carbocycles. The minimum absolute atomic E-state index is 0.201. The number of anilines is 1. The minimum Gasteiger partial charge on any atom is -0.321 e. The Morgan fingerprint density at radius 1 is 1.32 bits per heavy atom. The number of aryl methyl sites for hydroxylation is 2. The van der Waals surface area contributed by atoms with Crippen LogP contribution in [0, 0.1) is 13.8 Å². The van der Waals surface area contributed by atoms with E-state index in [1.807, 2.05) is 26.0 Å². The molecule has 0 saturated carbocycles. The molecule has 1 N–H and O–H groups in total. The monoisotopic (exact) mass is 338 g/mol. The van der Waals surface area contributed by atoms with E-state index >= 15 is 0 Å². The second kappa shape index (κ2) is 5.72. The fraction of sp³-hybridized carbons (Fsp3) is 0.143. The fourth-order valence-electron chi connectivity index (χ4n) is 1.84. The van der Waals surface area contributed by atoms with Crippen LogP contribution in [0.3, 0.4) is 0 Å². The van der Waals surface area contributed by atoms with Gasteiger partial charge in [0, 0.05) is 16.4 Å². The topological polar surface area (TPSA) is 42.0 Å². The van der Waals surface area contributed by atoms with Crippen molar-refractivity contribution >= 4 is 39.1 Å². The van der Waals surface area contributed by atoms with Crippen molar-refractivity contribution in [1.29, 1.82) is 0 Å². The number of rotatable bonds is 2. The van der Waals surface area contributed by atoms with Gasteiger partial charge in [0.1, 0.15) is 5.15 Å². The van der Waals surface area contributed by atoms with Gasteiger partial charge in [0.25, 0.3) is 5.91 Å². The Balaban J connectivity index is 2.32. The predicted molar refractivity (Wildman–Crippen MR) is 80.8 cm³/mol. The van der Waals surface area contributed by atoms with Gasteiger partial charge in [-0.1, -0.05) is 27.5 Å². The first-order valence-corrected chi connectivity index (χ1v) is 6.84. The molecule has 5 heteroatoms. The molecule has 0 spiro atoms. The number of amides is 1. The second-order valence-electron chi connectivity index (χ2n) is 4.21. The number of hydrogen-bond donors (Lipinski definition) is 1. The van der Waals surface area contributed by atoms with Crippen molar-refractivity contribution in [3.8, 4) is 0 Å². The standard InChI is InChI=1S/C14H12BrClN2O/c1-8-6-10(15)7-9(2)12(8)18-14(19)11-4-3-5-17-13(11)16/h3-7H,1-2H3,(H,18,19). The zero-order valence-electron chi connectivity index (χ0n) is 10.5. The number of pyridine rings is 1. The first-order valence-electron chi connectivity index (χ1n) is 5.67. The molecule has 1 aromatic heterocycles. The molecule has 1 heterocycles. The number of hydrogen-bond acceptors (Lipinski definition) is 2. The third-order valence-corrected chi connectivity index (χ3v) is 3.50. The minimum atomic E-state index is -0.258. The summed E-state index contributed by atoms with van der Waals surface area (Å²) in [6.07, 6.45) is 1.55. The molecular weight excluding hydrogens is 328 g/mol. The molecule has 0 aliphatic rings. The summed E-state index contributed by atoms with van der Waals surface area (Å²) in [4.78, 5) is 16.1. The van der Waals surface area contributed by atoms with E-state index in [-0.39, 0.29) is 11.1 Å². The summed E-state index contributed by atoms with van der Waals surface area (Å²) >= 11 is 9.34. The SMILES string of the molecule is Cc1cc(Br)cc(C)c1NC(=O)c1cccnc1Cl. The van der Waals surface area contributed by atoms with Crippen LogP contribution in [0.2, 0.25) is 5.15 Å². The second-order valence-corrected chi connectivity index (χ2v) is 5.48. The van der Waals surface area contributed by atoms with Crippen molar-refractivity contribution < 1.29 is 4.79 Å². The zero-order valence-corrected chi connectivity index (χ0v) is 12.8. The van der Waals surface area contributed by atoms with E-state index in [0.717, 1.165) is 21.3 Å². The van der Waals surface area contributed by atoms with Crippen molar-refractivity contribution in [2.24, 2.45) is 0 Å². The molecule has 0 aliphatic carbocycles. The van der Waals surface area contributed by atoms with Gasteiger partial charge in [-0.05, 0) is 49.2 Å². The lowest BCUT2D eigenvalue weighted by Crippen LogP contribution is -2.14. The van der Waals surface area contributed by atoms with E-state index in [4.69, 9.17) is 11.6 Å². The third kappa shape index (κ3) is 3.14. The highest BCUT2D eigenvalue weighted by atomic mass is 79.9. The van der Waals surface area contributed by atoms with Crippen LogP contribution in [-0.4, -0.2) is 10.9 Å². The highest BCUT2D eigenvalue weighted by molar-refractivity contribution is 9.10. The Morgan fingerprint density at radius 2 is 1.95 bits per heavy atom. The quantitative estimate of drug-likeness (QED) is 0.826. The number of nitrogens with zero attached hydrogens (tertiary/aromatic N) is 1. The maximum atomic E-state index is 12.2. The molecule has 0 unspecified atom stereocenters. The third-order valence-electron chi connectivity index (χ3n) is 2.74. The van der Waals surface area contributed by atoms with Gasteiger partial charge in [0.2, 0.25) is 0 Å². The Hall–Kier alpha value is -1.39. The average Bonchev–Trinajstić information content (AvgIpc) is 2.34. The van der Waals surface area contributed by atoms with E-state index < -0.39 is 0 Å². The van der Waals surface area contributed by atoms with E-state index in [0.29, 0.717) is 5.56 Å². The Bertz CT molecular complexity index is 620. The largest absolute Gasteiger partial charge is 0.321 e. The summed E-state index contributed by atoms with van der Waals surface area (Å²) in [6, 6.07) is 7.23. The fourth-order valence-corrected chi connectivity index (χ4v) is 2.74. The molecule has 19 heavy (non-hydrogen) atoms. The van der Waals surface area contributed by atoms with Gasteiger partial charge in [-0.3, -0.25) is 4.79 Å². The lowest BCUT2D eigenvalue weighted by molar-refractivity contribution is 0.102. The van der Waals surface area contributed by atoms with E-state index in [1.54, 1.807) is 18.3 Å². The smallest absolute Gasteiger partial charge is 0.258 e. The number of halogens is 2. The van der Waals surface area contributed by atoms with Gasteiger partial charge in [0.05, 0.1) is 5.56 Å². The summed E-state index contributed by atoms with van der Waals surface area (Å²) in [5.41, 5.74) is 3.14. The molecule has 0 saturated heterocycles. The molecular formula is C14H12BrClN2O. The summed E-state index contributed by atoms with van der Waals surface area (Å²) in [6.45, 7) is 3.89. The van der Waals surface area contributed by atoms with Crippen LogP contribution in [0.4, 0.5) is 5.69 Å². The molecule has 0 bridgehead atoms. The van der Waals surface area contributed by atoms with Gasteiger partial charge in [-0.2, -0.15) is 0 Å². The molecule has 3 nitrogen and oxygen atoms in total. The summed E-state index contributed by atoms with van der Waals surface area (Å²) in [5, 5.41) is 3.08. The van der Waals surface area contributed by atoms with Gasteiger partial charge in [-0.25, -0.2) is 4.98 Å². The lowest BCUT2D eigenvalue weighted by atomic mass is 10.1. The van der Waals surface area contributed by atoms with Gasteiger partial charge in [0.15, 0.2) is 0 Å². The van der Waals surface area contributed by atoms with Gasteiger partial charge < -0.3 is 5.32 Å². The highest BCUT2D eigenvalue weighted by Crippen LogP contribution is 2.26. The summed E-state index contributed by atoms with van der Waals surface area (Å²) in [5.74, 6) is -0.258. The highest BCUT2D eigenvalue weighted by Gasteiger charge is 2.13. The van der Waals surface area contributed by atoms with Crippen LogP contribution in [0.1, 0.15) is 21.5 Å². The molecule has 0 radical (unpaired) electrons. The van der Waals surface area contributed by atoms with Crippen molar-refractivity contribution in [3.05, 3.63) is 56.8 Å². The van der Waals surface area contributed by atoms with Crippen molar-refractivity contribution in [3.63, 3.8) is 0 Å². The molecule has 2 rings (SSSR count). The van der Waals surface area contributed by atoms with Crippen LogP contribution in [-0.2, 0) is 0 Å². The van der Waals surface area contributed by atoms with E-state index in [2.05, 4.69) is 26.2 Å². The summed E-state index contributed by atoms with van der Waals surface area (Å²) < 4.78 is 0.986. The first-order chi connectivity index (χ1) is 8.99. The molecule has 2 aromatic rings. The maximum Gasteiger partial charge on any atom is 0.258 e. The number of nitrogens with one attached hydrogen (secondary N) is 1. The lowest BCUT2D eigenvalue weighted by Gasteiger charge is -2.12. The zero-order chi connectivity index (χ0) is 14.0. The van der Waals surface area contributed by atoms with Crippen LogP contribution < -0.4 is 5.32 Å². The number of carbonyl (C=O) groups is 1. The number of aromatic nitrogens is 1. The van der Waals surface area contributed by atoms with E-state index in [9.17, 15) is 4.79 Å². The normalized spacial score (nSPS) is 10.3. The van der Waals surface area contributed by atoms with Crippen LogP contribution in [0.15, 0.2) is 34.9 Å². The Morgan fingerprint density at radius 3 is 2.53 bits per heavy atom. The van der Waals surface area contributed by atoms with Crippen molar-refractivity contribution in [2.75, 3.05) is 5.32 Å². The average molecular weight is 340 g/mol. The van der Waals surface area contributed by atoms with Crippen LogP contribution >= 0.6 is 27.5 Å². The number of benzene rings is 1. The molecule has 98 valence electrons. The predicted octanol–water partition coefficient (Wildman–Crippen LogP) is 4.37. The molecule has 0 atom stereocenters. The van der Waals surface area contributed by atoms with Crippen molar-refractivity contribution in [2.45, 2.75) is 13.8 Å². The molecule has 0 fully saturated rings. The summed E-state index contributed by atoms with van der Waals surface area (Å²) in [7, 11) is 0. The molecule has 0 aliphatic heterocycles. The van der Waals surface area contributed by atoms with Gasteiger partial charge >= 0.3 is 0 Å². The number of carbonyl (C=O) groups excluding carboxylic acids is 1. The van der Waals surface area contributed by atoms with Crippen LogP contribution in [0.5, 0.6) is 0 Å². The van der Waals surface area contributed by atoms with Crippen LogP contribution in [0.25, 0.3) is 0 Å². The Kier molecular flexibility index (Phi) is 4.22.